The van der Waals surface area contributed by atoms with Gasteiger partial charge in [0.1, 0.15) is 0 Å². The van der Waals surface area contributed by atoms with E-state index in [4.69, 9.17) is 18.9 Å². The van der Waals surface area contributed by atoms with Crippen LogP contribution in [-0.2, 0) is 24.1 Å². The lowest BCUT2D eigenvalue weighted by atomic mass is 9.88. The van der Waals surface area contributed by atoms with Gasteiger partial charge in [-0.25, -0.2) is 0 Å². The van der Waals surface area contributed by atoms with Gasteiger partial charge in [0.15, 0.2) is 23.0 Å². The Labute approximate surface area is 243 Å². The molecule has 3 aromatic rings. The first kappa shape index (κ1) is 28.8. The molecule has 5 rings (SSSR count). The number of ether oxygens (including phenoxy) is 4. The number of hydrogen-bond donors (Lipinski definition) is 1. The third kappa shape index (κ3) is 6.46. The minimum atomic E-state index is -0.0183. The molecule has 1 amide bonds. The van der Waals surface area contributed by atoms with Crippen molar-refractivity contribution in [2.75, 3.05) is 41.0 Å². The van der Waals surface area contributed by atoms with Crippen LogP contribution in [0.15, 0.2) is 54.6 Å². The average Bonchev–Trinajstić information content (AvgIpc) is 3.39. The van der Waals surface area contributed by atoms with Crippen molar-refractivity contribution in [3.8, 4) is 23.0 Å². The van der Waals surface area contributed by atoms with Gasteiger partial charge in [0, 0.05) is 25.0 Å². The number of methoxy groups -OCH3 is 3. The molecule has 2 aliphatic rings. The fourth-order valence-electron chi connectivity index (χ4n) is 6.26. The molecule has 0 aromatic heterocycles. The molecule has 0 saturated carbocycles. The Morgan fingerprint density at radius 3 is 2.39 bits per heavy atom. The standard InChI is InChI=1S/C34H42N2O5/c1-22(2)41-33-19-28-25(18-32(33)40-5)14-15-36(29(28)16-23-10-13-30(38-3)31(17-23)39-4)21-34(37)35-20-26-12-11-24-8-6-7-9-27(24)26/h6-10,13,17-19,22,26,29H,11-12,14-16,20-21H2,1-5H3,(H,35,37). The van der Waals surface area contributed by atoms with Gasteiger partial charge in [-0.1, -0.05) is 30.3 Å². The number of fused-ring (bicyclic) bond motifs is 2. The molecule has 1 aliphatic heterocycles. The van der Waals surface area contributed by atoms with Crippen LogP contribution in [0.4, 0.5) is 0 Å². The van der Waals surface area contributed by atoms with Crippen molar-refractivity contribution in [3.05, 3.63) is 82.4 Å². The van der Waals surface area contributed by atoms with Crippen molar-refractivity contribution in [2.24, 2.45) is 0 Å². The highest BCUT2D eigenvalue weighted by Crippen LogP contribution is 2.41. The van der Waals surface area contributed by atoms with Crippen molar-refractivity contribution >= 4 is 5.91 Å². The molecular weight excluding hydrogens is 516 g/mol. The van der Waals surface area contributed by atoms with Gasteiger partial charge in [-0.05, 0) is 91.6 Å². The number of rotatable bonds is 11. The number of hydrogen-bond acceptors (Lipinski definition) is 6. The van der Waals surface area contributed by atoms with Gasteiger partial charge in [-0.3, -0.25) is 9.69 Å². The zero-order valence-electron chi connectivity index (χ0n) is 24.9. The molecule has 0 saturated heterocycles. The summed E-state index contributed by atoms with van der Waals surface area (Å²) in [6.07, 6.45) is 3.72. The monoisotopic (exact) mass is 558 g/mol. The van der Waals surface area contributed by atoms with E-state index >= 15 is 0 Å². The molecule has 0 spiro atoms. The average molecular weight is 559 g/mol. The zero-order chi connectivity index (χ0) is 28.9. The Hall–Kier alpha value is -3.71. The van der Waals surface area contributed by atoms with Crippen LogP contribution in [0.3, 0.4) is 0 Å². The van der Waals surface area contributed by atoms with E-state index in [0.717, 1.165) is 42.9 Å². The van der Waals surface area contributed by atoms with E-state index in [9.17, 15) is 4.79 Å². The van der Waals surface area contributed by atoms with Crippen LogP contribution >= 0.6 is 0 Å². The van der Waals surface area contributed by atoms with Gasteiger partial charge in [-0.15, -0.1) is 0 Å². The van der Waals surface area contributed by atoms with E-state index < -0.39 is 0 Å². The van der Waals surface area contributed by atoms with Gasteiger partial charge < -0.3 is 24.3 Å². The van der Waals surface area contributed by atoms with Crippen molar-refractivity contribution < 1.29 is 23.7 Å². The first-order valence-corrected chi connectivity index (χ1v) is 14.6. The lowest BCUT2D eigenvalue weighted by molar-refractivity contribution is -0.123. The summed E-state index contributed by atoms with van der Waals surface area (Å²) >= 11 is 0. The first-order chi connectivity index (χ1) is 19.9. The molecule has 0 fully saturated rings. The van der Waals surface area contributed by atoms with Crippen LogP contribution in [0.5, 0.6) is 23.0 Å². The third-order valence-electron chi connectivity index (χ3n) is 8.28. The summed E-state index contributed by atoms with van der Waals surface area (Å²) in [5.41, 5.74) is 6.28. The first-order valence-electron chi connectivity index (χ1n) is 14.6. The summed E-state index contributed by atoms with van der Waals surface area (Å²) in [6.45, 7) is 5.80. The molecule has 0 bridgehead atoms. The predicted octanol–water partition coefficient (Wildman–Crippen LogP) is 5.49. The van der Waals surface area contributed by atoms with Gasteiger partial charge in [-0.2, -0.15) is 0 Å². The highest BCUT2D eigenvalue weighted by Gasteiger charge is 2.31. The Bertz CT molecular complexity index is 1370. The number of carbonyl (C=O) groups is 1. The van der Waals surface area contributed by atoms with E-state index in [0.29, 0.717) is 36.9 Å². The van der Waals surface area contributed by atoms with Crippen LogP contribution in [0, 0.1) is 0 Å². The molecule has 7 nitrogen and oxygen atoms in total. The SMILES string of the molecule is COc1ccc(CC2c3cc(OC(C)C)c(OC)cc3CCN2CC(=O)NCC2CCc3ccccc32)cc1OC. The second kappa shape index (κ2) is 12.9. The molecule has 41 heavy (non-hydrogen) atoms. The Morgan fingerprint density at radius 2 is 1.63 bits per heavy atom. The number of benzene rings is 3. The zero-order valence-corrected chi connectivity index (χ0v) is 24.9. The molecule has 7 heteroatoms. The number of amides is 1. The summed E-state index contributed by atoms with van der Waals surface area (Å²) in [6, 6.07) is 18.8. The third-order valence-corrected chi connectivity index (χ3v) is 8.28. The second-order valence-electron chi connectivity index (χ2n) is 11.2. The molecular formula is C34H42N2O5. The highest BCUT2D eigenvalue weighted by atomic mass is 16.5. The number of nitrogens with one attached hydrogen (secondary N) is 1. The molecule has 2 atom stereocenters. The van der Waals surface area contributed by atoms with Crippen molar-refractivity contribution in [2.45, 2.75) is 57.6 Å². The molecule has 218 valence electrons. The Kier molecular flexibility index (Phi) is 9.03. The van der Waals surface area contributed by atoms with Gasteiger partial charge >= 0.3 is 0 Å². The van der Waals surface area contributed by atoms with Crippen molar-refractivity contribution in [1.29, 1.82) is 0 Å². The summed E-state index contributed by atoms with van der Waals surface area (Å²) in [7, 11) is 4.97. The van der Waals surface area contributed by atoms with E-state index in [1.54, 1.807) is 21.3 Å². The number of nitrogens with zero attached hydrogens (tertiary/aromatic N) is 1. The maximum atomic E-state index is 13.4. The summed E-state index contributed by atoms with van der Waals surface area (Å²) in [5.74, 6) is 3.29. The second-order valence-corrected chi connectivity index (χ2v) is 11.2. The predicted molar refractivity (Wildman–Crippen MR) is 161 cm³/mol. The number of carbonyl (C=O) groups excluding carboxylic acids is 1. The molecule has 0 radical (unpaired) electrons. The van der Waals surface area contributed by atoms with Crippen LogP contribution in [0.2, 0.25) is 0 Å². The van der Waals surface area contributed by atoms with Gasteiger partial charge in [0.25, 0.3) is 0 Å². The maximum absolute atomic E-state index is 13.4. The quantitative estimate of drug-likeness (QED) is 0.336. The summed E-state index contributed by atoms with van der Waals surface area (Å²) in [4.78, 5) is 15.6. The summed E-state index contributed by atoms with van der Waals surface area (Å²) in [5, 5.41) is 3.25. The topological polar surface area (TPSA) is 69.3 Å². The molecule has 1 N–H and O–H groups in total. The lowest BCUT2D eigenvalue weighted by Crippen LogP contribution is -2.44. The Morgan fingerprint density at radius 1 is 0.878 bits per heavy atom. The van der Waals surface area contributed by atoms with E-state index in [1.807, 2.05) is 26.0 Å². The normalized spacial score (nSPS) is 18.0. The largest absolute Gasteiger partial charge is 0.493 e. The fourth-order valence-corrected chi connectivity index (χ4v) is 6.26. The fraction of sp³-hybridized carbons (Fsp3) is 0.441. The summed E-state index contributed by atoms with van der Waals surface area (Å²) < 4.78 is 22.9. The van der Waals surface area contributed by atoms with E-state index in [1.165, 1.54) is 22.3 Å². The molecule has 3 aromatic carbocycles. The van der Waals surface area contributed by atoms with E-state index in [-0.39, 0.29) is 18.1 Å². The maximum Gasteiger partial charge on any atom is 0.234 e. The highest BCUT2D eigenvalue weighted by molar-refractivity contribution is 5.78. The molecule has 2 unspecified atom stereocenters. The molecule has 1 aliphatic carbocycles. The lowest BCUT2D eigenvalue weighted by Gasteiger charge is -2.38. The van der Waals surface area contributed by atoms with Crippen molar-refractivity contribution in [1.82, 2.24) is 10.2 Å². The minimum absolute atomic E-state index is 0.0115. The van der Waals surface area contributed by atoms with Gasteiger partial charge in [0.2, 0.25) is 5.91 Å². The van der Waals surface area contributed by atoms with Gasteiger partial charge in [0.05, 0.1) is 34.0 Å². The minimum Gasteiger partial charge on any atom is -0.493 e. The number of aryl methyl sites for hydroxylation is 1. The van der Waals surface area contributed by atoms with Crippen LogP contribution in [0.1, 0.15) is 60.0 Å². The smallest absolute Gasteiger partial charge is 0.234 e. The van der Waals surface area contributed by atoms with Crippen LogP contribution in [0.25, 0.3) is 0 Å². The van der Waals surface area contributed by atoms with Crippen molar-refractivity contribution in [3.63, 3.8) is 0 Å². The van der Waals surface area contributed by atoms with Crippen LogP contribution in [-0.4, -0.2) is 57.9 Å². The van der Waals surface area contributed by atoms with E-state index in [2.05, 4.69) is 52.7 Å². The van der Waals surface area contributed by atoms with Crippen LogP contribution < -0.4 is 24.3 Å². The molecule has 1 heterocycles. The Balaban J connectivity index is 1.39.